The van der Waals surface area contributed by atoms with Gasteiger partial charge in [-0.05, 0) is 37.0 Å². The number of piperidine rings is 1. The molecule has 4 heterocycles. The molecule has 0 saturated carbocycles. The van der Waals surface area contributed by atoms with Gasteiger partial charge in [0.25, 0.3) is 5.56 Å². The first-order valence-corrected chi connectivity index (χ1v) is 9.87. The van der Waals surface area contributed by atoms with Crippen LogP contribution in [-0.2, 0) is 22.7 Å². The van der Waals surface area contributed by atoms with Gasteiger partial charge in [0, 0.05) is 50.2 Å². The summed E-state index contributed by atoms with van der Waals surface area (Å²) in [6.07, 6.45) is 3.83. The fraction of sp³-hybridized carbons (Fsp3) is 0.476. The van der Waals surface area contributed by atoms with Crippen molar-refractivity contribution in [1.82, 2.24) is 14.8 Å². The van der Waals surface area contributed by atoms with Gasteiger partial charge in [0.05, 0.1) is 12.8 Å². The molecule has 0 unspecified atom stereocenters. The van der Waals surface area contributed by atoms with Gasteiger partial charge in [-0.25, -0.2) is 0 Å². The molecule has 28 heavy (non-hydrogen) atoms. The summed E-state index contributed by atoms with van der Waals surface area (Å²) in [5.41, 5.74) is 1.09. The Bertz CT molecular complexity index is 903. The number of furan rings is 1. The van der Waals surface area contributed by atoms with Crippen molar-refractivity contribution in [3.63, 3.8) is 0 Å². The molecule has 1 fully saturated rings. The van der Waals surface area contributed by atoms with Crippen LogP contribution < -0.4 is 10.9 Å². The number of pyridine rings is 1. The van der Waals surface area contributed by atoms with E-state index >= 15 is 0 Å². The van der Waals surface area contributed by atoms with Crippen LogP contribution in [0.5, 0.6) is 0 Å². The summed E-state index contributed by atoms with van der Waals surface area (Å²) in [5.74, 6) is 1.28. The molecule has 1 N–H and O–H groups in total. The van der Waals surface area contributed by atoms with Gasteiger partial charge in [0.15, 0.2) is 0 Å². The number of aromatic nitrogens is 1. The zero-order valence-electron chi connectivity index (χ0n) is 15.8. The second-order valence-corrected chi connectivity index (χ2v) is 7.71. The molecule has 4 rings (SSSR count). The van der Waals surface area contributed by atoms with Gasteiger partial charge < -0.3 is 19.2 Å². The second-order valence-electron chi connectivity index (χ2n) is 7.71. The molecule has 2 bridgehead atoms. The van der Waals surface area contributed by atoms with Gasteiger partial charge in [0.1, 0.15) is 5.76 Å². The molecular weight excluding hydrogens is 358 g/mol. The standard InChI is InChI=1S/C21H25N3O4/c25-19(22-11-17-4-3-9-28-17)6-2-7-20(26)23-12-15-10-16(14-23)18-5-1-8-21(27)24(18)13-15/h1,3-5,8-9,15-16H,2,6-7,10-14H2,(H,22,25)/t15-,16+/m1/s1. The van der Waals surface area contributed by atoms with Crippen molar-refractivity contribution >= 4 is 11.8 Å². The third kappa shape index (κ3) is 4.03. The summed E-state index contributed by atoms with van der Waals surface area (Å²) in [6, 6.07) is 8.99. The van der Waals surface area contributed by atoms with E-state index in [4.69, 9.17) is 4.42 Å². The average molecular weight is 383 g/mol. The summed E-state index contributed by atoms with van der Waals surface area (Å²) in [7, 11) is 0. The summed E-state index contributed by atoms with van der Waals surface area (Å²) < 4.78 is 7.04. The number of nitrogens with zero attached hydrogens (tertiary/aromatic N) is 2. The fourth-order valence-corrected chi connectivity index (χ4v) is 4.35. The van der Waals surface area contributed by atoms with Crippen LogP contribution in [0.3, 0.4) is 0 Å². The van der Waals surface area contributed by atoms with E-state index in [1.807, 2.05) is 21.6 Å². The lowest BCUT2D eigenvalue weighted by Crippen LogP contribution is -2.49. The van der Waals surface area contributed by atoms with Crippen LogP contribution in [-0.4, -0.2) is 34.4 Å². The summed E-state index contributed by atoms with van der Waals surface area (Å²) in [4.78, 5) is 38.6. The molecule has 148 valence electrons. The lowest BCUT2D eigenvalue weighted by Gasteiger charge is -2.42. The van der Waals surface area contributed by atoms with Crippen LogP contribution in [0.4, 0.5) is 0 Å². The minimum atomic E-state index is -0.0759. The zero-order chi connectivity index (χ0) is 19.5. The Morgan fingerprint density at radius 3 is 2.82 bits per heavy atom. The van der Waals surface area contributed by atoms with Crippen molar-refractivity contribution < 1.29 is 14.0 Å². The highest BCUT2D eigenvalue weighted by Gasteiger charge is 2.35. The van der Waals surface area contributed by atoms with Crippen molar-refractivity contribution in [3.05, 3.63) is 58.4 Å². The minimum absolute atomic E-state index is 0.0486. The molecule has 0 spiro atoms. The molecule has 2 aliphatic heterocycles. The molecule has 2 atom stereocenters. The van der Waals surface area contributed by atoms with Gasteiger partial charge in [-0.2, -0.15) is 0 Å². The summed E-state index contributed by atoms with van der Waals surface area (Å²) in [6.45, 7) is 2.41. The van der Waals surface area contributed by atoms with Crippen LogP contribution in [0, 0.1) is 5.92 Å². The molecule has 0 aromatic carbocycles. The number of carbonyl (C=O) groups is 2. The lowest BCUT2D eigenvalue weighted by molar-refractivity contribution is -0.134. The number of carbonyl (C=O) groups excluding carboxylic acids is 2. The number of likely N-dealkylation sites (tertiary alicyclic amines) is 1. The van der Waals surface area contributed by atoms with Crippen LogP contribution in [0.1, 0.15) is 43.1 Å². The highest BCUT2D eigenvalue weighted by molar-refractivity contribution is 5.79. The highest BCUT2D eigenvalue weighted by Crippen LogP contribution is 2.35. The summed E-state index contributed by atoms with van der Waals surface area (Å²) in [5, 5.41) is 2.80. The normalized spacial score (nSPS) is 20.5. The molecule has 2 amide bonds. The first-order valence-electron chi connectivity index (χ1n) is 9.87. The second kappa shape index (κ2) is 8.04. The maximum absolute atomic E-state index is 12.6. The SMILES string of the molecule is O=C(CCCC(=O)N1C[C@H]2C[C@@H](C1)c1cccc(=O)n1C2)NCc1ccco1. The Balaban J connectivity index is 1.26. The van der Waals surface area contributed by atoms with Crippen molar-refractivity contribution in [3.8, 4) is 0 Å². The third-order valence-corrected chi connectivity index (χ3v) is 5.67. The topological polar surface area (TPSA) is 84.5 Å². The molecule has 2 aliphatic rings. The predicted octanol–water partition coefficient (Wildman–Crippen LogP) is 1.87. The molecule has 2 aromatic rings. The highest BCUT2D eigenvalue weighted by atomic mass is 16.3. The van der Waals surface area contributed by atoms with E-state index in [0.29, 0.717) is 57.1 Å². The largest absolute Gasteiger partial charge is 0.467 e. The monoisotopic (exact) mass is 383 g/mol. The van der Waals surface area contributed by atoms with Crippen molar-refractivity contribution in [2.45, 2.75) is 44.7 Å². The number of rotatable bonds is 6. The van der Waals surface area contributed by atoms with Crippen LogP contribution >= 0.6 is 0 Å². The molecule has 1 saturated heterocycles. The van der Waals surface area contributed by atoms with Crippen LogP contribution in [0.2, 0.25) is 0 Å². The van der Waals surface area contributed by atoms with E-state index in [2.05, 4.69) is 5.32 Å². The van der Waals surface area contributed by atoms with Gasteiger partial charge >= 0.3 is 0 Å². The number of hydrogen-bond donors (Lipinski definition) is 1. The van der Waals surface area contributed by atoms with E-state index < -0.39 is 0 Å². The molecular formula is C21H25N3O4. The number of fused-ring (bicyclic) bond motifs is 4. The number of nitrogens with one attached hydrogen (secondary N) is 1. The summed E-state index contributed by atoms with van der Waals surface area (Å²) >= 11 is 0. The maximum Gasteiger partial charge on any atom is 0.250 e. The molecule has 0 aliphatic carbocycles. The van der Waals surface area contributed by atoms with E-state index in [-0.39, 0.29) is 23.3 Å². The van der Waals surface area contributed by atoms with E-state index in [1.165, 1.54) is 0 Å². The zero-order valence-corrected chi connectivity index (χ0v) is 15.8. The van der Waals surface area contributed by atoms with E-state index in [9.17, 15) is 14.4 Å². The van der Waals surface area contributed by atoms with Gasteiger partial charge in [0.2, 0.25) is 11.8 Å². The lowest BCUT2D eigenvalue weighted by atomic mass is 9.83. The van der Waals surface area contributed by atoms with Gasteiger partial charge in [-0.1, -0.05) is 6.07 Å². The van der Waals surface area contributed by atoms with E-state index in [1.54, 1.807) is 24.5 Å². The van der Waals surface area contributed by atoms with Crippen molar-refractivity contribution in [1.29, 1.82) is 0 Å². The quantitative estimate of drug-likeness (QED) is 0.825. The maximum atomic E-state index is 12.6. The molecule has 2 aromatic heterocycles. The van der Waals surface area contributed by atoms with Gasteiger partial charge in [-0.15, -0.1) is 0 Å². The van der Waals surface area contributed by atoms with Gasteiger partial charge in [-0.3, -0.25) is 14.4 Å². The van der Waals surface area contributed by atoms with Crippen LogP contribution in [0.25, 0.3) is 0 Å². The third-order valence-electron chi connectivity index (χ3n) is 5.67. The molecule has 7 heteroatoms. The molecule has 0 radical (unpaired) electrons. The van der Waals surface area contributed by atoms with Crippen molar-refractivity contribution in [2.75, 3.05) is 13.1 Å². The average Bonchev–Trinajstić information content (AvgIpc) is 3.21. The molecule has 7 nitrogen and oxygen atoms in total. The first-order chi connectivity index (χ1) is 13.6. The Labute approximate surface area is 163 Å². The number of hydrogen-bond acceptors (Lipinski definition) is 4. The number of amides is 2. The van der Waals surface area contributed by atoms with Crippen LogP contribution in [0.15, 0.2) is 45.8 Å². The first kappa shape index (κ1) is 18.5. The smallest absolute Gasteiger partial charge is 0.250 e. The Kier molecular flexibility index (Phi) is 5.32. The van der Waals surface area contributed by atoms with E-state index in [0.717, 1.165) is 12.1 Å². The van der Waals surface area contributed by atoms with Crippen molar-refractivity contribution in [2.24, 2.45) is 5.92 Å². The Morgan fingerprint density at radius 2 is 2.00 bits per heavy atom. The Hall–Kier alpha value is -2.83. The Morgan fingerprint density at radius 1 is 1.11 bits per heavy atom. The predicted molar refractivity (Wildman–Crippen MR) is 103 cm³/mol. The fourth-order valence-electron chi connectivity index (χ4n) is 4.35. The minimum Gasteiger partial charge on any atom is -0.467 e.